The molecule has 3 rings (SSSR count). The standard InChI is InChI=1S/C14H10Br3NO2S/c1-19-9-3-7(15)5-11-13(9)18-14-10(20-2)4-8(16)6-12(14)21(11)17/h3-6H,1-2H3. The molecule has 0 aromatic heterocycles. The van der Waals surface area contributed by atoms with Gasteiger partial charge < -0.3 is 9.47 Å². The number of hydrogen-bond donors (Lipinski definition) is 0. The number of hydrogen-bond acceptors (Lipinski definition) is 3. The lowest BCUT2D eigenvalue weighted by Crippen LogP contribution is -2.10. The largest absolute Gasteiger partial charge is 0.494 e. The lowest BCUT2D eigenvalue weighted by atomic mass is 10.2. The second-order valence-electron chi connectivity index (χ2n) is 4.28. The first-order chi connectivity index (χ1) is 10.0. The zero-order valence-corrected chi connectivity index (χ0v) is 16.7. The maximum absolute atomic E-state index is 5.46. The summed E-state index contributed by atoms with van der Waals surface area (Å²) in [5.41, 5.74) is 0.842. The average Bonchev–Trinajstić information content (AvgIpc) is 2.47. The SMILES string of the molecule is COc1cc(Br)cc2c1N=c1c(OC)cc(Br)cc1=S2Br. The summed E-state index contributed by atoms with van der Waals surface area (Å²) in [6, 6.07) is 7.97. The molecule has 0 saturated carbocycles. The monoisotopic (exact) mass is 493 g/mol. The van der Waals surface area contributed by atoms with Gasteiger partial charge in [0.25, 0.3) is 0 Å². The number of fused-ring (bicyclic) bond motifs is 2. The predicted octanol–water partition coefficient (Wildman–Crippen LogP) is 5.38. The highest BCUT2D eigenvalue weighted by molar-refractivity contribution is 9.52. The van der Waals surface area contributed by atoms with Crippen LogP contribution in [0.15, 0.2) is 43.1 Å². The maximum atomic E-state index is 5.46. The van der Waals surface area contributed by atoms with Crippen LogP contribution < -0.4 is 14.8 Å². The van der Waals surface area contributed by atoms with E-state index in [1.54, 1.807) is 14.2 Å². The molecule has 0 amide bonds. The van der Waals surface area contributed by atoms with Crippen molar-refractivity contribution in [2.45, 2.75) is 4.90 Å². The van der Waals surface area contributed by atoms with E-state index in [1.807, 2.05) is 12.1 Å². The van der Waals surface area contributed by atoms with E-state index in [9.17, 15) is 0 Å². The Hall–Kier alpha value is -0.370. The Morgan fingerprint density at radius 3 is 2.24 bits per heavy atom. The van der Waals surface area contributed by atoms with Crippen molar-refractivity contribution >= 4 is 61.3 Å². The first-order valence-electron chi connectivity index (χ1n) is 5.92. The van der Waals surface area contributed by atoms with Crippen molar-refractivity contribution < 1.29 is 9.47 Å². The van der Waals surface area contributed by atoms with E-state index < -0.39 is 0 Å². The van der Waals surface area contributed by atoms with Gasteiger partial charge in [0.15, 0.2) is 0 Å². The maximum Gasteiger partial charge on any atom is 0.146 e. The van der Waals surface area contributed by atoms with Crippen LogP contribution in [0.3, 0.4) is 0 Å². The Labute approximate surface area is 148 Å². The Morgan fingerprint density at radius 1 is 0.952 bits per heavy atom. The number of benzene rings is 2. The van der Waals surface area contributed by atoms with Crippen LogP contribution in [0.1, 0.15) is 0 Å². The van der Waals surface area contributed by atoms with Crippen molar-refractivity contribution in [1.82, 2.24) is 0 Å². The lowest BCUT2D eigenvalue weighted by molar-refractivity contribution is 0.407. The van der Waals surface area contributed by atoms with Gasteiger partial charge >= 0.3 is 0 Å². The molecule has 7 heteroatoms. The summed E-state index contributed by atoms with van der Waals surface area (Å²) in [5.74, 6) is 1.49. The van der Waals surface area contributed by atoms with Gasteiger partial charge in [-0.2, -0.15) is 0 Å². The Bertz CT molecular complexity index is 867. The van der Waals surface area contributed by atoms with Crippen LogP contribution in [-0.2, 0) is 0 Å². The third-order valence-corrected chi connectivity index (χ3v) is 7.46. The Morgan fingerprint density at radius 2 is 1.57 bits per heavy atom. The van der Waals surface area contributed by atoms with Crippen molar-refractivity contribution in [3.8, 4) is 11.5 Å². The van der Waals surface area contributed by atoms with Crippen molar-refractivity contribution in [3.63, 3.8) is 0 Å². The van der Waals surface area contributed by atoms with Crippen molar-refractivity contribution in [2.24, 2.45) is 4.99 Å². The molecule has 0 spiro atoms. The third kappa shape index (κ3) is 2.69. The van der Waals surface area contributed by atoms with Crippen LogP contribution in [-0.4, -0.2) is 14.2 Å². The van der Waals surface area contributed by atoms with Gasteiger partial charge in [0.1, 0.15) is 22.5 Å². The minimum Gasteiger partial charge on any atom is -0.494 e. The minimum absolute atomic E-state index is 0.286. The quantitative estimate of drug-likeness (QED) is 0.523. The lowest BCUT2D eigenvalue weighted by Gasteiger charge is -2.16. The van der Waals surface area contributed by atoms with Crippen molar-refractivity contribution in [3.05, 3.63) is 43.1 Å². The second-order valence-corrected chi connectivity index (χ2v) is 9.44. The molecule has 21 heavy (non-hydrogen) atoms. The molecule has 0 saturated heterocycles. The van der Waals surface area contributed by atoms with E-state index in [0.29, 0.717) is 0 Å². The van der Waals surface area contributed by atoms with Crippen LogP contribution in [0.5, 0.6) is 11.5 Å². The number of methoxy groups -OCH3 is 2. The molecule has 0 N–H and O–H groups in total. The van der Waals surface area contributed by atoms with E-state index in [1.165, 1.54) is 0 Å². The predicted molar refractivity (Wildman–Crippen MR) is 95.8 cm³/mol. The fraction of sp³-hybridized carbons (Fsp3) is 0.143. The summed E-state index contributed by atoms with van der Waals surface area (Å²) in [6.07, 6.45) is 0. The normalized spacial score (nSPS) is 15.8. The van der Waals surface area contributed by atoms with E-state index in [4.69, 9.17) is 14.5 Å². The van der Waals surface area contributed by atoms with E-state index in [-0.39, 0.29) is 8.92 Å². The molecule has 0 radical (unpaired) electrons. The first-order valence-corrected chi connectivity index (χ1v) is 10.6. The van der Waals surface area contributed by atoms with Gasteiger partial charge in [-0.3, -0.25) is 0 Å². The first kappa shape index (κ1) is 15.5. The molecule has 1 heterocycles. The molecule has 0 aliphatic carbocycles. The molecule has 1 aliphatic rings. The van der Waals surface area contributed by atoms with Crippen LogP contribution >= 0.6 is 55.6 Å². The molecule has 2 aromatic carbocycles. The van der Waals surface area contributed by atoms with E-state index in [0.717, 1.165) is 40.9 Å². The summed E-state index contributed by atoms with van der Waals surface area (Å²) in [6.45, 7) is 0. The number of rotatable bonds is 2. The summed E-state index contributed by atoms with van der Waals surface area (Å²) in [4.78, 5) is 5.86. The molecule has 0 fully saturated rings. The molecule has 0 bridgehead atoms. The zero-order valence-electron chi connectivity index (χ0n) is 11.1. The third-order valence-electron chi connectivity index (χ3n) is 3.06. The summed E-state index contributed by atoms with van der Waals surface area (Å²) < 4.78 is 14.0. The molecule has 1 aliphatic heterocycles. The molecule has 1 unspecified atom stereocenters. The Kier molecular flexibility index (Phi) is 4.45. The summed E-state index contributed by atoms with van der Waals surface area (Å²) in [5, 5.41) is 0.842. The highest BCUT2D eigenvalue weighted by atomic mass is 79.9. The topological polar surface area (TPSA) is 30.8 Å². The second kappa shape index (κ2) is 6.02. The van der Waals surface area contributed by atoms with Gasteiger partial charge in [-0.05, 0) is 39.1 Å². The van der Waals surface area contributed by atoms with Gasteiger partial charge in [-0.1, -0.05) is 40.8 Å². The number of nitrogens with zero attached hydrogens (tertiary/aromatic N) is 1. The van der Waals surface area contributed by atoms with Crippen molar-refractivity contribution in [2.75, 3.05) is 14.2 Å². The fourth-order valence-corrected chi connectivity index (χ4v) is 6.12. The van der Waals surface area contributed by atoms with Crippen molar-refractivity contribution in [1.29, 1.82) is 0 Å². The number of halogens is 3. The van der Waals surface area contributed by atoms with Crippen LogP contribution in [0, 0.1) is 4.51 Å². The highest BCUT2D eigenvalue weighted by Gasteiger charge is 2.18. The molecule has 1 atom stereocenters. The van der Waals surface area contributed by atoms with Crippen LogP contribution in [0.4, 0.5) is 5.69 Å². The average molecular weight is 496 g/mol. The highest BCUT2D eigenvalue weighted by Crippen LogP contribution is 2.49. The molecular weight excluding hydrogens is 486 g/mol. The minimum atomic E-state index is -0.286. The van der Waals surface area contributed by atoms with E-state index >= 15 is 0 Å². The molecule has 110 valence electrons. The molecule has 2 aromatic rings. The Balaban J connectivity index is 2.47. The molecule has 3 nitrogen and oxygen atoms in total. The zero-order chi connectivity index (χ0) is 15.1. The van der Waals surface area contributed by atoms with Crippen LogP contribution in [0.2, 0.25) is 0 Å². The van der Waals surface area contributed by atoms with Gasteiger partial charge in [0.2, 0.25) is 0 Å². The number of ether oxygens (including phenoxy) is 2. The summed E-state index contributed by atoms with van der Waals surface area (Å²) >= 11 is 10.8. The fourth-order valence-electron chi connectivity index (χ4n) is 2.14. The summed E-state index contributed by atoms with van der Waals surface area (Å²) in [7, 11) is 3.02. The molecular formula is C14H10Br3NO2S. The van der Waals surface area contributed by atoms with Gasteiger partial charge in [0, 0.05) is 18.4 Å². The van der Waals surface area contributed by atoms with Gasteiger partial charge in [-0.15, -0.1) is 0 Å². The van der Waals surface area contributed by atoms with Gasteiger partial charge in [-0.25, -0.2) is 4.99 Å². The van der Waals surface area contributed by atoms with E-state index in [2.05, 4.69) is 58.8 Å². The smallest absolute Gasteiger partial charge is 0.146 e. The van der Waals surface area contributed by atoms with Crippen LogP contribution in [0.25, 0.3) is 0 Å². The van der Waals surface area contributed by atoms with Gasteiger partial charge in [0.05, 0.1) is 14.2 Å².